The van der Waals surface area contributed by atoms with Crippen molar-refractivity contribution in [3.8, 4) is 0 Å². The first-order chi connectivity index (χ1) is 7.91. The Kier molecular flexibility index (Phi) is 3.98. The maximum Gasteiger partial charge on any atom is 0.341 e. The SMILES string of the molecule is CN(C)/C=C(\C(=O)O)C(=O)c1ccc(F)cc1. The molecule has 0 aliphatic rings. The zero-order chi connectivity index (χ0) is 13.0. The van der Waals surface area contributed by atoms with E-state index in [1.165, 1.54) is 23.2 Å². The quantitative estimate of drug-likeness (QED) is 0.373. The lowest BCUT2D eigenvalue weighted by molar-refractivity contribution is -0.132. The van der Waals surface area contributed by atoms with Gasteiger partial charge < -0.3 is 10.0 Å². The number of ketones is 1. The number of halogens is 1. The molecule has 0 unspecified atom stereocenters. The fourth-order valence-electron chi connectivity index (χ4n) is 1.23. The van der Waals surface area contributed by atoms with E-state index >= 15 is 0 Å². The Morgan fingerprint density at radius 2 is 1.76 bits per heavy atom. The van der Waals surface area contributed by atoms with E-state index < -0.39 is 17.6 Å². The predicted molar refractivity (Wildman–Crippen MR) is 60.1 cm³/mol. The summed E-state index contributed by atoms with van der Waals surface area (Å²) < 4.78 is 12.7. The fraction of sp³-hybridized carbons (Fsp3) is 0.167. The van der Waals surface area contributed by atoms with E-state index in [9.17, 15) is 14.0 Å². The molecule has 0 heterocycles. The van der Waals surface area contributed by atoms with Crippen LogP contribution in [0.2, 0.25) is 0 Å². The highest BCUT2D eigenvalue weighted by molar-refractivity contribution is 6.23. The van der Waals surface area contributed by atoms with Crippen LogP contribution in [0.1, 0.15) is 10.4 Å². The van der Waals surface area contributed by atoms with E-state index in [0.717, 1.165) is 12.1 Å². The molecule has 0 saturated carbocycles. The van der Waals surface area contributed by atoms with Gasteiger partial charge in [0.15, 0.2) is 0 Å². The van der Waals surface area contributed by atoms with Gasteiger partial charge in [-0.1, -0.05) is 0 Å². The molecule has 0 atom stereocenters. The van der Waals surface area contributed by atoms with Crippen LogP contribution in [0.4, 0.5) is 4.39 Å². The number of carboxylic acids is 1. The largest absolute Gasteiger partial charge is 0.477 e. The van der Waals surface area contributed by atoms with Gasteiger partial charge in [0.1, 0.15) is 11.4 Å². The molecule has 0 aliphatic carbocycles. The summed E-state index contributed by atoms with van der Waals surface area (Å²) in [4.78, 5) is 24.2. The summed E-state index contributed by atoms with van der Waals surface area (Å²) in [5.41, 5.74) is -0.219. The van der Waals surface area contributed by atoms with Crippen molar-refractivity contribution in [2.75, 3.05) is 14.1 Å². The lowest BCUT2D eigenvalue weighted by atomic mass is 10.0. The summed E-state index contributed by atoms with van der Waals surface area (Å²) in [6.45, 7) is 0. The van der Waals surface area contributed by atoms with E-state index in [1.807, 2.05) is 0 Å². The maximum absolute atomic E-state index is 12.7. The number of hydrogen-bond acceptors (Lipinski definition) is 3. The topological polar surface area (TPSA) is 57.6 Å². The number of benzene rings is 1. The molecule has 1 aromatic rings. The Labute approximate surface area is 98.0 Å². The summed E-state index contributed by atoms with van der Waals surface area (Å²) in [6, 6.07) is 4.74. The first-order valence-corrected chi connectivity index (χ1v) is 4.83. The summed E-state index contributed by atoms with van der Waals surface area (Å²) in [6.07, 6.45) is 1.22. The van der Waals surface area contributed by atoms with E-state index in [4.69, 9.17) is 5.11 Å². The molecule has 5 heteroatoms. The van der Waals surface area contributed by atoms with Crippen molar-refractivity contribution in [3.05, 3.63) is 47.4 Å². The van der Waals surface area contributed by atoms with Gasteiger partial charge in [-0.05, 0) is 24.3 Å². The van der Waals surface area contributed by atoms with Gasteiger partial charge in [0, 0.05) is 25.9 Å². The van der Waals surface area contributed by atoms with Gasteiger partial charge in [-0.25, -0.2) is 9.18 Å². The Morgan fingerprint density at radius 3 is 2.18 bits per heavy atom. The Balaban J connectivity index is 3.09. The average Bonchev–Trinajstić information content (AvgIpc) is 2.25. The number of nitrogens with zero attached hydrogens (tertiary/aromatic N) is 1. The summed E-state index contributed by atoms with van der Waals surface area (Å²) in [7, 11) is 3.22. The lowest BCUT2D eigenvalue weighted by Crippen LogP contribution is -2.16. The highest BCUT2D eigenvalue weighted by Crippen LogP contribution is 2.10. The Bertz CT molecular complexity index is 463. The van der Waals surface area contributed by atoms with Gasteiger partial charge in [0.25, 0.3) is 0 Å². The summed E-state index contributed by atoms with van der Waals surface area (Å²) in [5.74, 6) is -2.44. The minimum absolute atomic E-state index is 0.141. The second-order valence-corrected chi connectivity index (χ2v) is 3.65. The standard InChI is InChI=1S/C12H12FNO3/c1-14(2)7-10(12(16)17)11(15)8-3-5-9(13)6-4-8/h3-7H,1-2H3,(H,16,17)/b10-7-. The molecule has 17 heavy (non-hydrogen) atoms. The van der Waals surface area contributed by atoms with E-state index in [2.05, 4.69) is 0 Å². The predicted octanol–water partition coefficient (Wildman–Crippen LogP) is 1.54. The molecule has 0 spiro atoms. The van der Waals surface area contributed by atoms with Crippen LogP contribution in [0.3, 0.4) is 0 Å². The number of Topliss-reactive ketones (excluding diaryl/α,β-unsaturated/α-hetero) is 1. The molecular weight excluding hydrogens is 225 g/mol. The normalized spacial score (nSPS) is 11.1. The van der Waals surface area contributed by atoms with E-state index in [0.29, 0.717) is 0 Å². The zero-order valence-corrected chi connectivity index (χ0v) is 9.48. The van der Waals surface area contributed by atoms with Crippen LogP contribution in [0.5, 0.6) is 0 Å². The molecule has 0 saturated heterocycles. The van der Waals surface area contributed by atoms with Gasteiger partial charge in [-0.2, -0.15) is 0 Å². The number of carboxylic acid groups (broad SMARTS) is 1. The zero-order valence-electron chi connectivity index (χ0n) is 9.48. The molecule has 0 aromatic heterocycles. The summed E-state index contributed by atoms with van der Waals surface area (Å²) in [5, 5.41) is 8.92. The molecule has 0 bridgehead atoms. The van der Waals surface area contributed by atoms with Crippen LogP contribution < -0.4 is 0 Å². The number of carbonyl (C=O) groups is 2. The van der Waals surface area contributed by atoms with E-state index in [1.54, 1.807) is 14.1 Å². The molecule has 0 radical (unpaired) electrons. The minimum Gasteiger partial charge on any atom is -0.477 e. The van der Waals surface area contributed by atoms with Gasteiger partial charge in [0.2, 0.25) is 5.78 Å². The molecule has 4 nitrogen and oxygen atoms in total. The van der Waals surface area contributed by atoms with Crippen molar-refractivity contribution in [1.82, 2.24) is 4.90 Å². The van der Waals surface area contributed by atoms with Gasteiger partial charge in [0.05, 0.1) is 0 Å². The summed E-state index contributed by atoms with van der Waals surface area (Å²) >= 11 is 0. The second-order valence-electron chi connectivity index (χ2n) is 3.65. The maximum atomic E-state index is 12.7. The van der Waals surface area contributed by atoms with Crippen LogP contribution in [-0.4, -0.2) is 35.9 Å². The van der Waals surface area contributed by atoms with Gasteiger partial charge >= 0.3 is 5.97 Å². The van der Waals surface area contributed by atoms with Crippen molar-refractivity contribution in [1.29, 1.82) is 0 Å². The van der Waals surface area contributed by atoms with E-state index in [-0.39, 0.29) is 11.1 Å². The number of hydrogen-bond donors (Lipinski definition) is 1. The van der Waals surface area contributed by atoms with Crippen molar-refractivity contribution in [2.45, 2.75) is 0 Å². The van der Waals surface area contributed by atoms with Gasteiger partial charge in [-0.3, -0.25) is 4.79 Å². The lowest BCUT2D eigenvalue weighted by Gasteiger charge is -2.08. The molecule has 90 valence electrons. The number of aliphatic carboxylic acids is 1. The van der Waals surface area contributed by atoms with Crippen LogP contribution in [0, 0.1) is 5.82 Å². The third-order valence-electron chi connectivity index (χ3n) is 1.97. The molecule has 1 rings (SSSR count). The van der Waals surface area contributed by atoms with Crippen LogP contribution in [-0.2, 0) is 4.79 Å². The first kappa shape index (κ1) is 12.9. The van der Waals surface area contributed by atoms with Crippen molar-refractivity contribution in [3.63, 3.8) is 0 Å². The number of carbonyl (C=O) groups excluding carboxylic acids is 1. The van der Waals surface area contributed by atoms with Crippen molar-refractivity contribution >= 4 is 11.8 Å². The van der Waals surface area contributed by atoms with Crippen LogP contribution in [0.25, 0.3) is 0 Å². The average molecular weight is 237 g/mol. The third-order valence-corrected chi connectivity index (χ3v) is 1.97. The first-order valence-electron chi connectivity index (χ1n) is 4.83. The van der Waals surface area contributed by atoms with Crippen molar-refractivity contribution < 1.29 is 19.1 Å². The van der Waals surface area contributed by atoms with Crippen LogP contribution >= 0.6 is 0 Å². The third kappa shape index (κ3) is 3.41. The minimum atomic E-state index is -1.31. The second kappa shape index (κ2) is 5.25. The van der Waals surface area contributed by atoms with Crippen LogP contribution in [0.15, 0.2) is 36.0 Å². The van der Waals surface area contributed by atoms with Crippen molar-refractivity contribution in [2.24, 2.45) is 0 Å². The number of rotatable bonds is 4. The smallest absolute Gasteiger partial charge is 0.341 e. The molecule has 1 N–H and O–H groups in total. The van der Waals surface area contributed by atoms with Gasteiger partial charge in [-0.15, -0.1) is 0 Å². The molecule has 0 aliphatic heterocycles. The molecule has 1 aromatic carbocycles. The molecule has 0 amide bonds. The highest BCUT2D eigenvalue weighted by Gasteiger charge is 2.19. The Hall–Kier alpha value is -2.17. The molecular formula is C12H12FNO3. The fourth-order valence-corrected chi connectivity index (χ4v) is 1.23. The Morgan fingerprint density at radius 1 is 1.24 bits per heavy atom. The monoisotopic (exact) mass is 237 g/mol. The molecule has 0 fully saturated rings. The highest BCUT2D eigenvalue weighted by atomic mass is 19.1.